The molecular formula is C16H32N2O. The predicted octanol–water partition coefficient (Wildman–Crippen LogP) is 2.66. The standard InChI is InChI=1S/C16H32N2O/c1-4-19-11-10-18-13-16(2,3)17-12-15(18)14-8-6-5-7-9-14/h14-15,17H,4-13H2,1-3H3. The van der Waals surface area contributed by atoms with Crippen LogP contribution < -0.4 is 5.32 Å². The molecule has 0 aromatic heterocycles. The van der Waals surface area contributed by atoms with Gasteiger partial charge in [0, 0.05) is 37.8 Å². The van der Waals surface area contributed by atoms with Crippen LogP contribution in [0.15, 0.2) is 0 Å². The second-order valence-corrected chi connectivity index (χ2v) is 6.90. The average Bonchev–Trinajstić information content (AvgIpc) is 2.39. The Morgan fingerprint density at radius 2 is 1.95 bits per heavy atom. The highest BCUT2D eigenvalue weighted by Gasteiger charge is 2.36. The lowest BCUT2D eigenvalue weighted by Crippen LogP contribution is -2.63. The lowest BCUT2D eigenvalue weighted by Gasteiger charge is -2.48. The molecule has 1 heterocycles. The van der Waals surface area contributed by atoms with Gasteiger partial charge >= 0.3 is 0 Å². The van der Waals surface area contributed by atoms with E-state index in [1.165, 1.54) is 32.1 Å². The van der Waals surface area contributed by atoms with Crippen molar-refractivity contribution in [2.24, 2.45) is 5.92 Å². The van der Waals surface area contributed by atoms with Crippen molar-refractivity contribution < 1.29 is 4.74 Å². The molecule has 3 nitrogen and oxygen atoms in total. The number of nitrogens with one attached hydrogen (secondary N) is 1. The molecule has 0 bridgehead atoms. The molecule has 2 fully saturated rings. The van der Waals surface area contributed by atoms with Crippen molar-refractivity contribution in [2.45, 2.75) is 64.5 Å². The molecule has 0 aromatic rings. The maximum absolute atomic E-state index is 5.58. The van der Waals surface area contributed by atoms with Gasteiger partial charge in [0.15, 0.2) is 0 Å². The van der Waals surface area contributed by atoms with Crippen molar-refractivity contribution in [1.29, 1.82) is 0 Å². The molecule has 19 heavy (non-hydrogen) atoms. The molecule has 0 aromatic carbocycles. The van der Waals surface area contributed by atoms with Crippen LogP contribution in [0.3, 0.4) is 0 Å². The Morgan fingerprint density at radius 1 is 1.21 bits per heavy atom. The van der Waals surface area contributed by atoms with E-state index in [4.69, 9.17) is 4.74 Å². The van der Waals surface area contributed by atoms with Crippen molar-refractivity contribution in [2.75, 3.05) is 32.8 Å². The molecule has 1 N–H and O–H groups in total. The summed E-state index contributed by atoms with van der Waals surface area (Å²) in [5.41, 5.74) is 0.247. The number of hydrogen-bond acceptors (Lipinski definition) is 3. The van der Waals surface area contributed by atoms with Gasteiger partial charge in [-0.2, -0.15) is 0 Å². The summed E-state index contributed by atoms with van der Waals surface area (Å²) in [6.07, 6.45) is 7.17. The molecular weight excluding hydrogens is 236 g/mol. The third-order valence-electron chi connectivity index (χ3n) is 4.78. The van der Waals surface area contributed by atoms with Crippen molar-refractivity contribution in [1.82, 2.24) is 10.2 Å². The van der Waals surface area contributed by atoms with Crippen LogP contribution in [0, 0.1) is 5.92 Å². The number of nitrogens with zero attached hydrogens (tertiary/aromatic N) is 1. The highest BCUT2D eigenvalue weighted by molar-refractivity contribution is 4.95. The lowest BCUT2D eigenvalue weighted by atomic mass is 9.81. The minimum Gasteiger partial charge on any atom is -0.380 e. The van der Waals surface area contributed by atoms with E-state index in [0.717, 1.165) is 44.8 Å². The molecule has 2 aliphatic rings. The predicted molar refractivity (Wildman–Crippen MR) is 80.5 cm³/mol. The van der Waals surface area contributed by atoms with Gasteiger partial charge in [-0.25, -0.2) is 0 Å². The smallest absolute Gasteiger partial charge is 0.0593 e. The Bertz CT molecular complexity index is 261. The largest absolute Gasteiger partial charge is 0.380 e. The first-order valence-electron chi connectivity index (χ1n) is 8.19. The first-order valence-corrected chi connectivity index (χ1v) is 8.19. The highest BCUT2D eigenvalue weighted by Crippen LogP contribution is 2.31. The summed E-state index contributed by atoms with van der Waals surface area (Å²) < 4.78 is 5.58. The van der Waals surface area contributed by atoms with Crippen LogP contribution in [0.4, 0.5) is 0 Å². The summed E-state index contributed by atoms with van der Waals surface area (Å²) in [5, 5.41) is 3.74. The fraction of sp³-hybridized carbons (Fsp3) is 1.00. The molecule has 1 saturated carbocycles. The Morgan fingerprint density at radius 3 is 2.63 bits per heavy atom. The molecule has 1 unspecified atom stereocenters. The van der Waals surface area contributed by atoms with Crippen LogP contribution in [-0.2, 0) is 4.74 Å². The van der Waals surface area contributed by atoms with E-state index in [2.05, 4.69) is 31.0 Å². The Labute approximate surface area is 119 Å². The summed E-state index contributed by atoms with van der Waals surface area (Å²) in [7, 11) is 0. The van der Waals surface area contributed by atoms with Crippen molar-refractivity contribution in [3.63, 3.8) is 0 Å². The van der Waals surface area contributed by atoms with E-state index in [1.807, 2.05) is 0 Å². The third-order valence-corrected chi connectivity index (χ3v) is 4.78. The normalized spacial score (nSPS) is 29.5. The zero-order valence-electron chi connectivity index (χ0n) is 13.1. The average molecular weight is 268 g/mol. The minimum absolute atomic E-state index is 0.247. The molecule has 3 heteroatoms. The summed E-state index contributed by atoms with van der Waals surface area (Å²) in [6.45, 7) is 11.8. The number of hydrogen-bond donors (Lipinski definition) is 1. The van der Waals surface area contributed by atoms with Crippen LogP contribution in [0.2, 0.25) is 0 Å². The first kappa shape index (κ1) is 15.3. The monoisotopic (exact) mass is 268 g/mol. The molecule has 1 aliphatic heterocycles. The summed E-state index contributed by atoms with van der Waals surface area (Å²) >= 11 is 0. The third kappa shape index (κ3) is 4.44. The SMILES string of the molecule is CCOCCN1CC(C)(C)NCC1C1CCCCC1. The van der Waals surface area contributed by atoms with Crippen LogP contribution in [0.25, 0.3) is 0 Å². The van der Waals surface area contributed by atoms with Gasteiger partial charge in [-0.3, -0.25) is 4.90 Å². The first-order chi connectivity index (χ1) is 9.12. The Hall–Kier alpha value is -0.120. The highest BCUT2D eigenvalue weighted by atomic mass is 16.5. The molecule has 2 rings (SSSR count). The molecule has 0 radical (unpaired) electrons. The van der Waals surface area contributed by atoms with Crippen LogP contribution in [-0.4, -0.2) is 49.3 Å². The van der Waals surface area contributed by atoms with Crippen LogP contribution in [0.5, 0.6) is 0 Å². The topological polar surface area (TPSA) is 24.5 Å². The fourth-order valence-corrected chi connectivity index (χ4v) is 3.75. The van der Waals surface area contributed by atoms with E-state index in [-0.39, 0.29) is 5.54 Å². The van der Waals surface area contributed by atoms with Crippen molar-refractivity contribution in [3.05, 3.63) is 0 Å². The van der Waals surface area contributed by atoms with E-state index < -0.39 is 0 Å². The van der Waals surface area contributed by atoms with Gasteiger partial charge in [0.25, 0.3) is 0 Å². The van der Waals surface area contributed by atoms with Gasteiger partial charge in [0.1, 0.15) is 0 Å². The molecule has 112 valence electrons. The summed E-state index contributed by atoms with van der Waals surface area (Å²) in [5.74, 6) is 0.902. The Balaban J connectivity index is 1.93. The second kappa shape index (κ2) is 7.05. The van der Waals surface area contributed by atoms with E-state index in [9.17, 15) is 0 Å². The zero-order chi connectivity index (χ0) is 13.7. The molecule has 0 spiro atoms. The quantitative estimate of drug-likeness (QED) is 0.776. The molecule has 1 saturated heterocycles. The molecule has 0 amide bonds. The van der Waals surface area contributed by atoms with Gasteiger partial charge in [-0.15, -0.1) is 0 Å². The van der Waals surface area contributed by atoms with E-state index in [0.29, 0.717) is 0 Å². The number of piperazine rings is 1. The number of ether oxygens (including phenoxy) is 1. The minimum atomic E-state index is 0.247. The maximum Gasteiger partial charge on any atom is 0.0593 e. The molecule has 1 atom stereocenters. The van der Waals surface area contributed by atoms with Crippen molar-refractivity contribution in [3.8, 4) is 0 Å². The van der Waals surface area contributed by atoms with Gasteiger partial charge < -0.3 is 10.1 Å². The Kier molecular flexibility index (Phi) is 5.67. The summed E-state index contributed by atoms with van der Waals surface area (Å²) in [6, 6.07) is 0.730. The fourth-order valence-electron chi connectivity index (χ4n) is 3.75. The van der Waals surface area contributed by atoms with Gasteiger partial charge in [0.05, 0.1) is 6.61 Å². The summed E-state index contributed by atoms with van der Waals surface area (Å²) in [4.78, 5) is 2.70. The zero-order valence-corrected chi connectivity index (χ0v) is 13.1. The second-order valence-electron chi connectivity index (χ2n) is 6.90. The van der Waals surface area contributed by atoms with Crippen LogP contribution >= 0.6 is 0 Å². The van der Waals surface area contributed by atoms with Gasteiger partial charge in [-0.1, -0.05) is 19.3 Å². The number of rotatable bonds is 5. The molecule has 1 aliphatic carbocycles. The van der Waals surface area contributed by atoms with Gasteiger partial charge in [0.2, 0.25) is 0 Å². The lowest BCUT2D eigenvalue weighted by molar-refractivity contribution is 0.0222. The van der Waals surface area contributed by atoms with E-state index >= 15 is 0 Å². The van der Waals surface area contributed by atoms with E-state index in [1.54, 1.807) is 0 Å². The van der Waals surface area contributed by atoms with Crippen LogP contribution in [0.1, 0.15) is 52.9 Å². The van der Waals surface area contributed by atoms with Crippen molar-refractivity contribution >= 4 is 0 Å². The van der Waals surface area contributed by atoms with Gasteiger partial charge in [-0.05, 0) is 39.5 Å². The maximum atomic E-state index is 5.58.